The Morgan fingerprint density at radius 3 is 2.11 bits per heavy atom. The van der Waals surface area contributed by atoms with Gasteiger partial charge in [0, 0.05) is 0 Å². The van der Waals surface area contributed by atoms with Crippen molar-refractivity contribution in [3.8, 4) is 17.2 Å². The average Bonchev–Trinajstić information content (AvgIpc) is 2.67. The van der Waals surface area contributed by atoms with Gasteiger partial charge in [0.15, 0.2) is 12.7 Å². The zero-order valence-electron chi connectivity index (χ0n) is 15.0. The van der Waals surface area contributed by atoms with Crippen LogP contribution in [0.4, 0.5) is 4.39 Å². The molecule has 0 aliphatic rings. The van der Waals surface area contributed by atoms with Gasteiger partial charge in [-0.2, -0.15) is 0 Å². The molecule has 0 aliphatic heterocycles. The molecule has 2 aromatic carbocycles. The van der Waals surface area contributed by atoms with Gasteiger partial charge in [-0.25, -0.2) is 4.39 Å². The molecule has 2 rings (SSSR count). The normalized spacial score (nSPS) is 11.2. The van der Waals surface area contributed by atoms with Crippen LogP contribution in [-0.2, 0) is 9.59 Å². The largest absolute Gasteiger partial charge is 0.494 e. The number of amides is 2. The highest BCUT2D eigenvalue weighted by Crippen LogP contribution is 2.18. The Labute approximate surface area is 156 Å². The number of benzene rings is 2. The van der Waals surface area contributed by atoms with Crippen molar-refractivity contribution < 1.29 is 28.2 Å². The maximum atomic E-state index is 12.8. The second kappa shape index (κ2) is 10.0. The highest BCUT2D eigenvalue weighted by molar-refractivity contribution is 5.85. The average molecular weight is 376 g/mol. The molecule has 8 heteroatoms. The molecule has 0 saturated heterocycles. The van der Waals surface area contributed by atoms with E-state index in [4.69, 9.17) is 14.2 Å². The van der Waals surface area contributed by atoms with Crippen molar-refractivity contribution in [2.45, 2.75) is 20.0 Å². The van der Waals surface area contributed by atoms with E-state index < -0.39 is 23.7 Å². The van der Waals surface area contributed by atoms with Crippen LogP contribution < -0.4 is 25.1 Å². The first-order valence-corrected chi connectivity index (χ1v) is 8.34. The third-order valence-corrected chi connectivity index (χ3v) is 3.33. The van der Waals surface area contributed by atoms with E-state index in [2.05, 4.69) is 10.9 Å². The fourth-order valence-corrected chi connectivity index (χ4v) is 1.99. The summed E-state index contributed by atoms with van der Waals surface area (Å²) >= 11 is 0. The van der Waals surface area contributed by atoms with E-state index in [-0.39, 0.29) is 6.61 Å². The Hall–Kier alpha value is -3.29. The summed E-state index contributed by atoms with van der Waals surface area (Å²) in [5.74, 6) is 0.0352. The van der Waals surface area contributed by atoms with Crippen LogP contribution in [0.1, 0.15) is 13.8 Å². The molecule has 1 atom stereocenters. The fourth-order valence-electron chi connectivity index (χ4n) is 1.99. The van der Waals surface area contributed by atoms with E-state index in [0.29, 0.717) is 23.9 Å². The summed E-state index contributed by atoms with van der Waals surface area (Å²) in [5, 5.41) is 0. The summed E-state index contributed by atoms with van der Waals surface area (Å²) in [6, 6.07) is 12.1. The zero-order chi connectivity index (χ0) is 19.6. The number of halogens is 1. The lowest BCUT2D eigenvalue weighted by Gasteiger charge is -2.15. The van der Waals surface area contributed by atoms with E-state index in [9.17, 15) is 14.0 Å². The quantitative estimate of drug-likeness (QED) is 0.690. The maximum absolute atomic E-state index is 12.8. The van der Waals surface area contributed by atoms with Gasteiger partial charge in [-0.1, -0.05) is 0 Å². The van der Waals surface area contributed by atoms with E-state index in [1.54, 1.807) is 31.2 Å². The van der Waals surface area contributed by atoms with Crippen molar-refractivity contribution in [3.05, 3.63) is 54.3 Å². The fraction of sp³-hybridized carbons (Fsp3) is 0.263. The predicted octanol–water partition coefficient (Wildman–Crippen LogP) is 2.22. The first-order chi connectivity index (χ1) is 13.0. The standard InChI is InChI=1S/C19H21FN2O5/c1-3-25-15-8-10-17(11-9-15)27-13(2)19(24)22-21-18(23)12-26-16-6-4-14(20)5-7-16/h4-11,13H,3,12H2,1-2H3,(H,21,23)(H,22,24)/t13-/m0/s1. The van der Waals surface area contributed by atoms with E-state index in [0.717, 1.165) is 0 Å². The maximum Gasteiger partial charge on any atom is 0.279 e. The summed E-state index contributed by atoms with van der Waals surface area (Å²) in [5.41, 5.74) is 4.47. The summed E-state index contributed by atoms with van der Waals surface area (Å²) in [6.45, 7) is 3.66. The molecule has 27 heavy (non-hydrogen) atoms. The van der Waals surface area contributed by atoms with Crippen molar-refractivity contribution >= 4 is 11.8 Å². The monoisotopic (exact) mass is 376 g/mol. The lowest BCUT2D eigenvalue weighted by molar-refractivity contribution is -0.133. The third-order valence-electron chi connectivity index (χ3n) is 3.33. The van der Waals surface area contributed by atoms with E-state index in [1.165, 1.54) is 24.3 Å². The first kappa shape index (κ1) is 20.0. The van der Waals surface area contributed by atoms with Gasteiger partial charge >= 0.3 is 0 Å². The first-order valence-electron chi connectivity index (χ1n) is 8.34. The number of rotatable bonds is 8. The van der Waals surface area contributed by atoms with Crippen LogP contribution in [0.2, 0.25) is 0 Å². The van der Waals surface area contributed by atoms with Crippen molar-refractivity contribution in [2.75, 3.05) is 13.2 Å². The minimum absolute atomic E-state index is 0.333. The second-order valence-electron chi connectivity index (χ2n) is 5.44. The number of carbonyl (C=O) groups is 2. The molecule has 0 radical (unpaired) electrons. The zero-order valence-corrected chi connectivity index (χ0v) is 15.0. The highest BCUT2D eigenvalue weighted by atomic mass is 19.1. The number of hydrogen-bond donors (Lipinski definition) is 2. The van der Waals surface area contributed by atoms with Gasteiger partial charge in [-0.15, -0.1) is 0 Å². The van der Waals surface area contributed by atoms with Crippen LogP contribution in [0.25, 0.3) is 0 Å². The molecule has 0 saturated carbocycles. The van der Waals surface area contributed by atoms with Crippen LogP contribution in [0.3, 0.4) is 0 Å². The van der Waals surface area contributed by atoms with Crippen molar-refractivity contribution in [1.29, 1.82) is 0 Å². The summed E-state index contributed by atoms with van der Waals surface area (Å²) < 4.78 is 28.8. The number of ether oxygens (including phenoxy) is 3. The summed E-state index contributed by atoms with van der Waals surface area (Å²) in [4.78, 5) is 23.7. The molecular weight excluding hydrogens is 355 g/mol. The molecular formula is C19H21FN2O5. The minimum atomic E-state index is -0.832. The van der Waals surface area contributed by atoms with Crippen LogP contribution in [0.15, 0.2) is 48.5 Å². The van der Waals surface area contributed by atoms with Gasteiger partial charge in [-0.05, 0) is 62.4 Å². The molecule has 2 aromatic rings. The predicted molar refractivity (Wildman–Crippen MR) is 95.9 cm³/mol. The van der Waals surface area contributed by atoms with Gasteiger partial charge in [0.2, 0.25) is 0 Å². The van der Waals surface area contributed by atoms with Gasteiger partial charge in [-0.3, -0.25) is 20.4 Å². The third kappa shape index (κ3) is 6.85. The van der Waals surface area contributed by atoms with Gasteiger partial charge < -0.3 is 14.2 Å². The van der Waals surface area contributed by atoms with Gasteiger partial charge in [0.05, 0.1) is 6.61 Å². The molecule has 2 N–H and O–H groups in total. The molecule has 0 heterocycles. The van der Waals surface area contributed by atoms with E-state index >= 15 is 0 Å². The topological polar surface area (TPSA) is 85.9 Å². The molecule has 7 nitrogen and oxygen atoms in total. The molecule has 0 aromatic heterocycles. The molecule has 0 fully saturated rings. The molecule has 0 bridgehead atoms. The Morgan fingerprint density at radius 2 is 1.48 bits per heavy atom. The van der Waals surface area contributed by atoms with Crippen LogP contribution >= 0.6 is 0 Å². The molecule has 144 valence electrons. The number of hydrogen-bond acceptors (Lipinski definition) is 5. The number of carbonyl (C=O) groups excluding carboxylic acids is 2. The molecule has 0 spiro atoms. The highest BCUT2D eigenvalue weighted by Gasteiger charge is 2.15. The van der Waals surface area contributed by atoms with Crippen molar-refractivity contribution in [3.63, 3.8) is 0 Å². The van der Waals surface area contributed by atoms with Crippen LogP contribution in [0, 0.1) is 5.82 Å². The Balaban J connectivity index is 1.71. The summed E-state index contributed by atoms with van der Waals surface area (Å²) in [6.07, 6.45) is -0.832. The summed E-state index contributed by atoms with van der Waals surface area (Å²) in [7, 11) is 0. The van der Waals surface area contributed by atoms with Gasteiger partial charge in [0.1, 0.15) is 23.1 Å². The van der Waals surface area contributed by atoms with Crippen molar-refractivity contribution in [2.24, 2.45) is 0 Å². The van der Waals surface area contributed by atoms with Gasteiger partial charge in [0.25, 0.3) is 11.8 Å². The lowest BCUT2D eigenvalue weighted by Crippen LogP contribution is -2.48. The Bertz CT molecular complexity index is 750. The van der Waals surface area contributed by atoms with E-state index in [1.807, 2.05) is 6.92 Å². The van der Waals surface area contributed by atoms with Crippen molar-refractivity contribution in [1.82, 2.24) is 10.9 Å². The minimum Gasteiger partial charge on any atom is -0.494 e. The molecule has 0 unspecified atom stereocenters. The second-order valence-corrected chi connectivity index (χ2v) is 5.44. The van der Waals surface area contributed by atoms with Crippen LogP contribution in [0.5, 0.6) is 17.2 Å². The van der Waals surface area contributed by atoms with Crippen LogP contribution in [-0.4, -0.2) is 31.1 Å². The molecule has 2 amide bonds. The molecule has 0 aliphatic carbocycles. The Morgan fingerprint density at radius 1 is 0.926 bits per heavy atom. The lowest BCUT2D eigenvalue weighted by atomic mass is 10.3. The number of hydrazine groups is 1. The SMILES string of the molecule is CCOc1ccc(O[C@@H](C)C(=O)NNC(=O)COc2ccc(F)cc2)cc1. The smallest absolute Gasteiger partial charge is 0.279 e. The number of nitrogens with one attached hydrogen (secondary N) is 2. The Kier molecular flexibility index (Phi) is 7.42.